The Morgan fingerprint density at radius 3 is 2.57 bits per heavy atom. The van der Waals surface area contributed by atoms with Gasteiger partial charge < -0.3 is 25.3 Å². The number of aromatic carboxylic acids is 1. The molecule has 0 saturated heterocycles. The van der Waals surface area contributed by atoms with Gasteiger partial charge in [0.2, 0.25) is 0 Å². The number of rotatable bonds is 5. The number of para-hydroxylation sites is 1. The first-order valence-corrected chi connectivity index (χ1v) is 8.35. The van der Waals surface area contributed by atoms with E-state index in [2.05, 4.69) is 12.0 Å². The Kier molecular flexibility index (Phi) is 5.38. The monoisotopic (exact) mass is 374 g/mol. The van der Waals surface area contributed by atoms with E-state index in [1.807, 2.05) is 42.6 Å². The number of carboxylic acids is 1. The molecule has 140 valence electrons. The van der Waals surface area contributed by atoms with Gasteiger partial charge in [-0.05, 0) is 24.1 Å². The minimum atomic E-state index is -1.19. The molecule has 3 aromatic rings. The van der Waals surface area contributed by atoms with E-state index >= 15 is 0 Å². The number of aromatic nitrogens is 1. The van der Waals surface area contributed by atoms with Gasteiger partial charge >= 0.3 is 5.97 Å². The van der Waals surface area contributed by atoms with Crippen LogP contribution in [0.3, 0.4) is 0 Å². The van der Waals surface area contributed by atoms with Crippen LogP contribution < -0.4 is 10.5 Å². The Labute approximate surface area is 162 Å². The van der Waals surface area contributed by atoms with Crippen molar-refractivity contribution in [3.63, 3.8) is 0 Å². The van der Waals surface area contributed by atoms with Crippen molar-refractivity contribution in [2.24, 2.45) is 5.73 Å². The molecule has 6 nitrogen and oxygen atoms in total. The lowest BCUT2D eigenvalue weighted by Gasteiger charge is -2.05. The van der Waals surface area contributed by atoms with Gasteiger partial charge in [-0.15, -0.1) is 0 Å². The Bertz CT molecular complexity index is 1120. The van der Waals surface area contributed by atoms with Crippen LogP contribution in [0.15, 0.2) is 54.9 Å². The Balaban J connectivity index is 2.00. The third-order valence-corrected chi connectivity index (χ3v) is 4.16. The molecule has 0 aliphatic rings. The number of carboxylic acid groups (broad SMARTS) is 1. The average molecular weight is 374 g/mol. The maximum absolute atomic E-state index is 11.1. The van der Waals surface area contributed by atoms with Crippen LogP contribution >= 0.6 is 0 Å². The summed E-state index contributed by atoms with van der Waals surface area (Å²) in [6.07, 6.45) is 7.38. The standard InChI is InChI=1S/C22H18N2O4/c1-28-21-5-3-2-4-15(21)6-7-16-13-24(14-17(16)10-11-23)18-8-9-19(22(26)27)20(25)12-18/h2-9,12-14,25H,23H2,1H3,(H,26,27)/b7-6+. The Morgan fingerprint density at radius 2 is 1.89 bits per heavy atom. The highest BCUT2D eigenvalue weighted by Gasteiger charge is 2.11. The van der Waals surface area contributed by atoms with E-state index in [-0.39, 0.29) is 11.3 Å². The minimum absolute atomic E-state index is 0.158. The highest BCUT2D eigenvalue weighted by atomic mass is 16.5. The molecule has 28 heavy (non-hydrogen) atoms. The van der Waals surface area contributed by atoms with Crippen LogP contribution in [0.5, 0.6) is 11.5 Å². The summed E-state index contributed by atoms with van der Waals surface area (Å²) < 4.78 is 7.09. The summed E-state index contributed by atoms with van der Waals surface area (Å²) in [6, 6.07) is 14.4. The SMILES string of the molecule is COc1ccccc1/C=C/c1cn(-c2ccc(C(=O)O)c(O)c2)cc1C#CN. The molecule has 0 saturated carbocycles. The summed E-state index contributed by atoms with van der Waals surface area (Å²) in [4.78, 5) is 11.1. The fraction of sp³-hybridized carbons (Fsp3) is 0.0455. The van der Waals surface area contributed by atoms with Crippen molar-refractivity contribution in [2.75, 3.05) is 7.11 Å². The zero-order chi connectivity index (χ0) is 20.1. The molecule has 6 heteroatoms. The smallest absolute Gasteiger partial charge is 0.339 e. The van der Waals surface area contributed by atoms with Gasteiger partial charge in [-0.2, -0.15) is 0 Å². The largest absolute Gasteiger partial charge is 0.507 e. The third-order valence-electron chi connectivity index (χ3n) is 4.16. The summed E-state index contributed by atoms with van der Waals surface area (Å²) in [6.45, 7) is 0. The second-order valence-corrected chi connectivity index (χ2v) is 5.89. The topological polar surface area (TPSA) is 97.7 Å². The van der Waals surface area contributed by atoms with Gasteiger partial charge in [-0.25, -0.2) is 4.79 Å². The van der Waals surface area contributed by atoms with Crippen molar-refractivity contribution in [3.05, 3.63) is 77.1 Å². The van der Waals surface area contributed by atoms with Gasteiger partial charge in [0.1, 0.15) is 17.1 Å². The molecule has 4 N–H and O–H groups in total. The molecule has 0 aliphatic heterocycles. The molecule has 0 fully saturated rings. The van der Waals surface area contributed by atoms with Gasteiger partial charge in [0, 0.05) is 41.3 Å². The summed E-state index contributed by atoms with van der Waals surface area (Å²) in [5.41, 5.74) is 8.24. The lowest BCUT2D eigenvalue weighted by molar-refractivity contribution is 0.0693. The molecule has 0 bridgehead atoms. The van der Waals surface area contributed by atoms with Crippen LogP contribution in [0, 0.1) is 12.0 Å². The molecule has 2 aromatic carbocycles. The van der Waals surface area contributed by atoms with Crippen molar-refractivity contribution in [1.82, 2.24) is 4.57 Å². The fourth-order valence-corrected chi connectivity index (χ4v) is 2.78. The maximum atomic E-state index is 11.1. The third kappa shape index (κ3) is 3.84. The van der Waals surface area contributed by atoms with Crippen molar-refractivity contribution >= 4 is 18.1 Å². The van der Waals surface area contributed by atoms with Crippen molar-refractivity contribution in [2.45, 2.75) is 0 Å². The number of hydrogen-bond acceptors (Lipinski definition) is 4. The van der Waals surface area contributed by atoms with E-state index in [9.17, 15) is 9.90 Å². The van der Waals surface area contributed by atoms with E-state index in [0.717, 1.165) is 16.9 Å². The molecular formula is C22H18N2O4. The second kappa shape index (κ2) is 8.06. The van der Waals surface area contributed by atoms with E-state index in [1.54, 1.807) is 23.9 Å². The van der Waals surface area contributed by atoms with Crippen molar-refractivity contribution in [1.29, 1.82) is 0 Å². The normalized spacial score (nSPS) is 10.5. The van der Waals surface area contributed by atoms with Gasteiger partial charge in [0.15, 0.2) is 0 Å². The number of carbonyl (C=O) groups is 1. The van der Waals surface area contributed by atoms with E-state index in [0.29, 0.717) is 11.3 Å². The highest BCUT2D eigenvalue weighted by molar-refractivity contribution is 5.91. The zero-order valence-corrected chi connectivity index (χ0v) is 15.1. The number of nitrogens with zero attached hydrogens (tertiary/aromatic N) is 1. The van der Waals surface area contributed by atoms with Gasteiger partial charge in [0.05, 0.1) is 12.7 Å². The molecule has 0 unspecified atom stereocenters. The summed E-state index contributed by atoms with van der Waals surface area (Å²) >= 11 is 0. The van der Waals surface area contributed by atoms with Crippen LogP contribution in [0.2, 0.25) is 0 Å². The van der Waals surface area contributed by atoms with E-state index < -0.39 is 5.97 Å². The average Bonchev–Trinajstić information content (AvgIpc) is 3.09. The van der Waals surface area contributed by atoms with Gasteiger partial charge in [-0.1, -0.05) is 30.4 Å². The first-order valence-electron chi connectivity index (χ1n) is 8.35. The van der Waals surface area contributed by atoms with Crippen LogP contribution in [0.4, 0.5) is 0 Å². The van der Waals surface area contributed by atoms with Crippen molar-refractivity contribution < 1.29 is 19.7 Å². The van der Waals surface area contributed by atoms with Crippen LogP contribution in [0.25, 0.3) is 17.8 Å². The fourth-order valence-electron chi connectivity index (χ4n) is 2.78. The lowest BCUT2D eigenvalue weighted by Crippen LogP contribution is -1.98. The highest BCUT2D eigenvalue weighted by Crippen LogP contribution is 2.25. The van der Waals surface area contributed by atoms with E-state index in [4.69, 9.17) is 15.6 Å². The van der Waals surface area contributed by atoms with Gasteiger partial charge in [0.25, 0.3) is 0 Å². The molecule has 1 heterocycles. The Hall–Kier alpha value is -4.11. The van der Waals surface area contributed by atoms with Gasteiger partial charge in [-0.3, -0.25) is 0 Å². The van der Waals surface area contributed by atoms with Crippen LogP contribution in [-0.2, 0) is 0 Å². The van der Waals surface area contributed by atoms with Crippen molar-refractivity contribution in [3.8, 4) is 29.2 Å². The second-order valence-electron chi connectivity index (χ2n) is 5.89. The first-order chi connectivity index (χ1) is 13.5. The van der Waals surface area contributed by atoms with Crippen LogP contribution in [-0.4, -0.2) is 27.9 Å². The number of phenols is 1. The number of ether oxygens (including phenoxy) is 1. The number of aromatic hydroxyl groups is 1. The summed E-state index contributed by atoms with van der Waals surface area (Å²) in [5.74, 6) is 2.09. The zero-order valence-electron chi connectivity index (χ0n) is 15.1. The summed E-state index contributed by atoms with van der Waals surface area (Å²) in [5, 5.41) is 19.0. The molecule has 0 radical (unpaired) electrons. The molecule has 1 aromatic heterocycles. The minimum Gasteiger partial charge on any atom is -0.507 e. The number of benzene rings is 2. The Morgan fingerprint density at radius 1 is 1.14 bits per heavy atom. The molecule has 0 atom stereocenters. The molecule has 0 spiro atoms. The van der Waals surface area contributed by atoms with E-state index in [1.165, 1.54) is 12.1 Å². The number of methoxy groups -OCH3 is 1. The maximum Gasteiger partial charge on any atom is 0.339 e. The molecular weight excluding hydrogens is 356 g/mol. The molecule has 0 amide bonds. The molecule has 0 aliphatic carbocycles. The molecule has 3 rings (SSSR count). The number of nitrogens with two attached hydrogens (primary N) is 1. The first kappa shape index (κ1) is 18.7. The quantitative estimate of drug-likeness (QED) is 0.470. The van der Waals surface area contributed by atoms with Crippen LogP contribution in [0.1, 0.15) is 27.0 Å². The summed E-state index contributed by atoms with van der Waals surface area (Å²) in [7, 11) is 1.61. The lowest BCUT2D eigenvalue weighted by atomic mass is 10.1. The predicted molar refractivity (Wildman–Crippen MR) is 107 cm³/mol. The predicted octanol–water partition coefficient (Wildman–Crippen LogP) is 3.33. The number of hydrogen-bond donors (Lipinski definition) is 3.